The first-order valence-electron chi connectivity index (χ1n) is 15.6. The van der Waals surface area contributed by atoms with Crippen molar-refractivity contribution in [3.8, 4) is 0 Å². The summed E-state index contributed by atoms with van der Waals surface area (Å²) in [5.41, 5.74) is 0.497. The minimum Gasteiger partial charge on any atom is -0.442 e. The van der Waals surface area contributed by atoms with Crippen LogP contribution < -0.4 is 21.3 Å². The van der Waals surface area contributed by atoms with Crippen LogP contribution in [-0.2, 0) is 39.8 Å². The molecule has 264 valence electrons. The lowest BCUT2D eigenvalue weighted by atomic mass is 9.91. The number of allylic oxidation sites excluding steroid dienone is 1. The van der Waals surface area contributed by atoms with Crippen LogP contribution in [0.2, 0.25) is 0 Å². The summed E-state index contributed by atoms with van der Waals surface area (Å²) < 4.78 is 42.0. The molecule has 1 unspecified atom stereocenters. The van der Waals surface area contributed by atoms with E-state index in [-0.39, 0.29) is 47.3 Å². The molecule has 0 aliphatic carbocycles. The van der Waals surface area contributed by atoms with Crippen molar-refractivity contribution in [3.05, 3.63) is 11.1 Å². The molecule has 1 aliphatic heterocycles. The number of aliphatic imine (C=N–C) groups is 1. The first-order chi connectivity index (χ1) is 21.3. The van der Waals surface area contributed by atoms with Gasteiger partial charge in [0.15, 0.2) is 9.84 Å². The molecule has 0 saturated carbocycles. The van der Waals surface area contributed by atoms with Crippen molar-refractivity contribution >= 4 is 49.5 Å². The van der Waals surface area contributed by atoms with Gasteiger partial charge < -0.3 is 31.1 Å². The van der Waals surface area contributed by atoms with Gasteiger partial charge in [0.05, 0.1) is 28.7 Å². The molecule has 0 saturated heterocycles. The minimum absolute atomic E-state index is 0.0140. The summed E-state index contributed by atoms with van der Waals surface area (Å²) in [7, 11) is -5.31. The van der Waals surface area contributed by atoms with Crippen molar-refractivity contribution in [2.45, 2.75) is 99.4 Å². The number of carbonyl (C=O) groups is 4. The molecule has 0 aromatic carbocycles. The van der Waals surface area contributed by atoms with Crippen LogP contribution in [0.15, 0.2) is 16.1 Å². The Balaban J connectivity index is 3.01. The fraction of sp³-hybridized carbons (Fsp3) is 0.767. The third-order valence-electron chi connectivity index (χ3n) is 7.10. The molecule has 0 spiro atoms. The smallest absolute Gasteiger partial charge is 0.408 e. The van der Waals surface area contributed by atoms with Crippen molar-refractivity contribution in [2.24, 2.45) is 28.7 Å². The van der Waals surface area contributed by atoms with E-state index in [0.29, 0.717) is 12.2 Å². The van der Waals surface area contributed by atoms with Crippen molar-refractivity contribution in [3.63, 3.8) is 0 Å². The van der Waals surface area contributed by atoms with E-state index in [1.807, 2.05) is 41.5 Å². The first kappa shape index (κ1) is 41.2. The number of ether oxygens (including phenoxy) is 1. The van der Waals surface area contributed by atoms with Gasteiger partial charge in [-0.2, -0.15) is 0 Å². The highest BCUT2D eigenvalue weighted by Crippen LogP contribution is 2.17. The summed E-state index contributed by atoms with van der Waals surface area (Å²) in [5.74, 6) is -3.33. The molecule has 1 aliphatic rings. The molecule has 6 atom stereocenters. The van der Waals surface area contributed by atoms with Gasteiger partial charge in [0, 0.05) is 29.3 Å². The second kappa shape index (κ2) is 19.1. The number of rotatable bonds is 19. The van der Waals surface area contributed by atoms with Gasteiger partial charge in [0.1, 0.15) is 23.7 Å². The Morgan fingerprint density at radius 3 is 2.07 bits per heavy atom. The summed E-state index contributed by atoms with van der Waals surface area (Å²) in [4.78, 5) is 55.7. The predicted octanol–water partition coefficient (Wildman–Crippen LogP) is 1.37. The minimum atomic E-state index is -3.76. The molecule has 5 N–H and O–H groups in total. The van der Waals surface area contributed by atoms with Gasteiger partial charge in [0.2, 0.25) is 17.7 Å². The lowest BCUT2D eigenvalue weighted by molar-refractivity contribution is -0.132. The molecule has 1 rings (SSSR count). The SMILES string of the molecule is CCS(=O)(=O)C[C@H](NC(=O)OCC1=NC(C)=CS1=O)C(=O)N[C@H](CC(C)C)[C@@H](O)C[C@@H](C)C(=O)N[C@@H](C(=O)NCC(C)C)C(C)C. The summed E-state index contributed by atoms with van der Waals surface area (Å²) in [6.45, 7) is 16.0. The average molecular weight is 692 g/mol. The van der Waals surface area contributed by atoms with E-state index in [4.69, 9.17) is 4.74 Å². The maximum atomic E-state index is 13.4. The van der Waals surface area contributed by atoms with Gasteiger partial charge in [-0.05, 0) is 37.5 Å². The van der Waals surface area contributed by atoms with Crippen molar-refractivity contribution in [1.82, 2.24) is 21.3 Å². The number of alkyl carbamates (subject to hydrolysis) is 1. The van der Waals surface area contributed by atoms with E-state index in [1.165, 1.54) is 12.3 Å². The highest BCUT2D eigenvalue weighted by atomic mass is 32.2. The van der Waals surface area contributed by atoms with E-state index >= 15 is 0 Å². The van der Waals surface area contributed by atoms with Gasteiger partial charge in [-0.25, -0.2) is 22.4 Å². The van der Waals surface area contributed by atoms with E-state index in [1.54, 1.807) is 13.8 Å². The van der Waals surface area contributed by atoms with Crippen molar-refractivity contribution in [2.75, 3.05) is 24.7 Å². The largest absolute Gasteiger partial charge is 0.442 e. The molecule has 0 radical (unpaired) electrons. The zero-order valence-electron chi connectivity index (χ0n) is 28.4. The Hall–Kier alpha value is -2.85. The number of nitrogens with zero attached hydrogens (tertiary/aromatic N) is 1. The number of carbonyl (C=O) groups excluding carboxylic acids is 4. The van der Waals surface area contributed by atoms with Crippen molar-refractivity contribution in [1.29, 1.82) is 0 Å². The number of amides is 4. The van der Waals surface area contributed by atoms with E-state index < -0.39 is 81.1 Å². The van der Waals surface area contributed by atoms with Crippen LogP contribution in [0.4, 0.5) is 4.79 Å². The Labute approximate surface area is 275 Å². The second-order valence-electron chi connectivity index (χ2n) is 12.9. The van der Waals surface area contributed by atoms with Crippen LogP contribution in [0, 0.1) is 23.7 Å². The molecule has 16 heteroatoms. The lowest BCUT2D eigenvalue weighted by Gasteiger charge is -2.30. The van der Waals surface area contributed by atoms with Gasteiger partial charge in [-0.1, -0.05) is 55.4 Å². The molecule has 1 heterocycles. The lowest BCUT2D eigenvalue weighted by Crippen LogP contribution is -2.56. The number of hydrogen-bond donors (Lipinski definition) is 5. The van der Waals surface area contributed by atoms with Crippen LogP contribution in [0.3, 0.4) is 0 Å². The summed E-state index contributed by atoms with van der Waals surface area (Å²) in [6.07, 6.45) is -2.12. The number of aliphatic hydroxyl groups excluding tert-OH is 1. The number of aliphatic hydroxyl groups is 1. The van der Waals surface area contributed by atoms with Crippen LogP contribution in [0.5, 0.6) is 0 Å². The average Bonchev–Trinajstić information content (AvgIpc) is 3.28. The Bertz CT molecular complexity index is 1270. The molecule has 46 heavy (non-hydrogen) atoms. The standard InChI is InChI=1S/C30H53N5O9S2/c1-10-46(42,43)16-23(34-30(40)44-14-25-32-21(9)15-45(25)41)28(38)33-22(11-17(2)3)24(36)12-20(8)27(37)35-26(19(6)7)29(39)31-13-18(4)5/h15,17-20,22-24,26,36H,10-14,16H2,1-9H3,(H,31,39)(H,33,38)(H,34,40)(H,35,37)/t20-,22-,23+,24+,26-,45?/m1/s1. The van der Waals surface area contributed by atoms with Crippen LogP contribution >= 0.6 is 0 Å². The topological polar surface area (TPSA) is 209 Å². The zero-order valence-corrected chi connectivity index (χ0v) is 30.0. The third-order valence-corrected chi connectivity index (χ3v) is 10.0. The molecule has 4 amide bonds. The van der Waals surface area contributed by atoms with Crippen LogP contribution in [-0.4, -0.2) is 95.5 Å². The fourth-order valence-corrected chi connectivity index (χ4v) is 6.32. The maximum absolute atomic E-state index is 13.4. The van der Waals surface area contributed by atoms with Gasteiger partial charge in [-0.15, -0.1) is 0 Å². The van der Waals surface area contributed by atoms with E-state index in [9.17, 15) is 36.9 Å². The maximum Gasteiger partial charge on any atom is 0.408 e. The highest BCUT2D eigenvalue weighted by molar-refractivity contribution is 8.03. The van der Waals surface area contributed by atoms with Crippen molar-refractivity contribution < 1.29 is 41.6 Å². The number of hydrogen-bond acceptors (Lipinski definition) is 10. The Morgan fingerprint density at radius 2 is 1.57 bits per heavy atom. The Morgan fingerprint density at radius 1 is 0.935 bits per heavy atom. The van der Waals surface area contributed by atoms with Gasteiger partial charge in [0.25, 0.3) is 0 Å². The second-order valence-corrected chi connectivity index (χ2v) is 16.6. The quantitative estimate of drug-likeness (QED) is 0.132. The molecule has 0 aromatic heterocycles. The van der Waals surface area contributed by atoms with Gasteiger partial charge >= 0.3 is 6.09 Å². The molecule has 14 nitrogen and oxygen atoms in total. The zero-order chi connectivity index (χ0) is 35.4. The molecule has 0 fully saturated rings. The summed E-state index contributed by atoms with van der Waals surface area (Å²) in [5, 5.41) is 23.2. The van der Waals surface area contributed by atoms with E-state index in [2.05, 4.69) is 26.3 Å². The van der Waals surface area contributed by atoms with Crippen LogP contribution in [0.25, 0.3) is 0 Å². The fourth-order valence-electron chi connectivity index (χ4n) is 4.43. The third kappa shape index (κ3) is 14.7. The van der Waals surface area contributed by atoms with Gasteiger partial charge in [-0.3, -0.25) is 14.4 Å². The molecule has 0 aromatic rings. The van der Waals surface area contributed by atoms with E-state index in [0.717, 1.165) is 0 Å². The highest BCUT2D eigenvalue weighted by Gasteiger charge is 2.33. The number of nitrogens with one attached hydrogen (secondary N) is 4. The Kier molecular flexibility index (Phi) is 17.1. The normalized spacial score (nSPS) is 18.2. The predicted molar refractivity (Wildman–Crippen MR) is 178 cm³/mol. The van der Waals surface area contributed by atoms with Crippen LogP contribution in [0.1, 0.15) is 75.2 Å². The monoisotopic (exact) mass is 691 g/mol. The molecular formula is C30H53N5O9S2. The molecule has 0 bridgehead atoms. The summed E-state index contributed by atoms with van der Waals surface area (Å²) >= 11 is 0. The first-order valence-corrected chi connectivity index (χ1v) is 18.7. The number of sulfone groups is 1. The summed E-state index contributed by atoms with van der Waals surface area (Å²) in [6, 6.07) is -3.23. The molecular weight excluding hydrogens is 638 g/mol.